The minimum atomic E-state index is -0.984. The predicted octanol–water partition coefficient (Wildman–Crippen LogP) is 1.19. The lowest BCUT2D eigenvalue weighted by Gasteiger charge is -2.04. The molecular formula is C9H11N3O4S. The van der Waals surface area contributed by atoms with Crippen LogP contribution in [0.3, 0.4) is 0 Å². The van der Waals surface area contributed by atoms with Crippen LogP contribution in [0.25, 0.3) is 0 Å². The molecular weight excluding hydrogens is 246 g/mol. The van der Waals surface area contributed by atoms with Crippen molar-refractivity contribution in [1.29, 1.82) is 0 Å². The van der Waals surface area contributed by atoms with Crippen molar-refractivity contribution in [2.24, 2.45) is 5.16 Å². The quantitative estimate of drug-likeness (QED) is 0.285. The molecule has 2 N–H and O–H groups in total. The van der Waals surface area contributed by atoms with E-state index in [2.05, 4.69) is 19.7 Å². The summed E-state index contributed by atoms with van der Waals surface area (Å²) < 4.78 is 4.66. The Morgan fingerprint density at radius 2 is 2.35 bits per heavy atom. The minimum absolute atomic E-state index is 0.126. The molecule has 0 spiro atoms. The fourth-order valence-corrected chi connectivity index (χ4v) is 1.39. The van der Waals surface area contributed by atoms with Gasteiger partial charge in [-0.3, -0.25) is 9.63 Å². The summed E-state index contributed by atoms with van der Waals surface area (Å²) in [5.74, 6) is 0. The van der Waals surface area contributed by atoms with Crippen LogP contribution in [0.5, 0.6) is 0 Å². The maximum atomic E-state index is 11.0. The summed E-state index contributed by atoms with van der Waals surface area (Å²) in [7, 11) is 0. The van der Waals surface area contributed by atoms with Gasteiger partial charge in [0.15, 0.2) is 17.1 Å². The molecule has 0 radical (unpaired) electrons. The van der Waals surface area contributed by atoms with Crippen molar-refractivity contribution in [3.05, 3.63) is 11.1 Å². The van der Waals surface area contributed by atoms with E-state index in [0.717, 1.165) is 11.3 Å². The normalized spacial score (nSPS) is 11.4. The third-order valence-corrected chi connectivity index (χ3v) is 2.12. The molecule has 17 heavy (non-hydrogen) atoms. The third-order valence-electron chi connectivity index (χ3n) is 1.45. The molecule has 1 aromatic rings. The van der Waals surface area contributed by atoms with E-state index in [1.54, 1.807) is 13.8 Å². The summed E-state index contributed by atoms with van der Waals surface area (Å²) in [6, 6.07) is 0. The van der Waals surface area contributed by atoms with Crippen LogP contribution < -0.4 is 5.73 Å². The van der Waals surface area contributed by atoms with Crippen LogP contribution in [0.15, 0.2) is 10.5 Å². The second-order valence-corrected chi connectivity index (χ2v) is 4.06. The molecule has 0 aliphatic carbocycles. The van der Waals surface area contributed by atoms with Crippen LogP contribution in [-0.4, -0.2) is 29.2 Å². The zero-order chi connectivity index (χ0) is 12.8. The molecule has 1 heterocycles. The van der Waals surface area contributed by atoms with Gasteiger partial charge in [-0.2, -0.15) is 0 Å². The standard InChI is InChI=1S/C9H11N3O4S/c1-5(2)15-9(14)16-12-6(3-13)7-4-17-8(10)11-7/h3-5H,1-2H3,(H2,10,11). The van der Waals surface area contributed by atoms with Crippen molar-refractivity contribution < 1.29 is 19.2 Å². The van der Waals surface area contributed by atoms with Gasteiger partial charge in [0.05, 0.1) is 6.10 Å². The lowest BCUT2D eigenvalue weighted by Crippen LogP contribution is -2.12. The monoisotopic (exact) mass is 257 g/mol. The van der Waals surface area contributed by atoms with Crippen molar-refractivity contribution in [3.8, 4) is 0 Å². The Morgan fingerprint density at radius 3 is 2.82 bits per heavy atom. The molecule has 0 atom stereocenters. The molecule has 0 bridgehead atoms. The minimum Gasteiger partial charge on any atom is -0.430 e. The summed E-state index contributed by atoms with van der Waals surface area (Å²) in [5, 5.41) is 5.16. The van der Waals surface area contributed by atoms with Crippen molar-refractivity contribution in [3.63, 3.8) is 0 Å². The number of carbonyl (C=O) groups excluding carboxylic acids is 2. The van der Waals surface area contributed by atoms with Crippen molar-refractivity contribution in [2.45, 2.75) is 20.0 Å². The summed E-state index contributed by atoms with van der Waals surface area (Å²) in [4.78, 5) is 29.9. The number of carbonyl (C=O) groups is 2. The maximum Gasteiger partial charge on any atom is 0.535 e. The van der Waals surface area contributed by atoms with Gasteiger partial charge in [0.2, 0.25) is 0 Å². The lowest BCUT2D eigenvalue weighted by molar-refractivity contribution is -0.102. The topological polar surface area (TPSA) is 104 Å². The maximum absolute atomic E-state index is 11.0. The second-order valence-electron chi connectivity index (χ2n) is 3.17. The van der Waals surface area contributed by atoms with Gasteiger partial charge in [-0.1, -0.05) is 5.16 Å². The summed E-state index contributed by atoms with van der Waals surface area (Å²) >= 11 is 1.15. The van der Waals surface area contributed by atoms with Gasteiger partial charge in [-0.05, 0) is 13.8 Å². The van der Waals surface area contributed by atoms with E-state index in [9.17, 15) is 9.59 Å². The van der Waals surface area contributed by atoms with Crippen LogP contribution in [0.1, 0.15) is 19.5 Å². The van der Waals surface area contributed by atoms with E-state index in [0.29, 0.717) is 11.4 Å². The van der Waals surface area contributed by atoms with Gasteiger partial charge >= 0.3 is 6.16 Å². The van der Waals surface area contributed by atoms with E-state index in [4.69, 9.17) is 5.73 Å². The first-order valence-electron chi connectivity index (χ1n) is 4.65. The van der Waals surface area contributed by atoms with Gasteiger partial charge in [-0.25, -0.2) is 9.78 Å². The second kappa shape index (κ2) is 5.94. The van der Waals surface area contributed by atoms with Crippen molar-refractivity contribution in [2.75, 3.05) is 5.73 Å². The Kier molecular flexibility index (Phi) is 4.58. The predicted molar refractivity (Wildman–Crippen MR) is 61.8 cm³/mol. The number of nitrogen functional groups attached to an aromatic ring is 1. The van der Waals surface area contributed by atoms with Gasteiger partial charge < -0.3 is 10.5 Å². The fraction of sp³-hybridized carbons (Fsp3) is 0.333. The fourth-order valence-electron chi connectivity index (χ4n) is 0.834. The largest absolute Gasteiger partial charge is 0.535 e. The zero-order valence-corrected chi connectivity index (χ0v) is 10.1. The molecule has 0 saturated carbocycles. The SMILES string of the molecule is CC(C)OC(=O)ON=C(C=O)c1csc(N)n1. The van der Waals surface area contributed by atoms with Crippen molar-refractivity contribution >= 4 is 34.6 Å². The zero-order valence-electron chi connectivity index (χ0n) is 9.25. The molecule has 0 fully saturated rings. The highest BCUT2D eigenvalue weighted by Gasteiger charge is 2.11. The number of aromatic nitrogens is 1. The van der Waals surface area contributed by atoms with Gasteiger partial charge in [0, 0.05) is 5.38 Å². The smallest absolute Gasteiger partial charge is 0.430 e. The first-order chi connectivity index (χ1) is 8.02. The molecule has 0 saturated heterocycles. The van der Waals surface area contributed by atoms with Gasteiger partial charge in [-0.15, -0.1) is 11.3 Å². The molecule has 0 unspecified atom stereocenters. The molecule has 0 aromatic carbocycles. The molecule has 92 valence electrons. The average molecular weight is 257 g/mol. The lowest BCUT2D eigenvalue weighted by atomic mass is 10.3. The number of oxime groups is 1. The number of aldehydes is 1. The number of hydrogen-bond acceptors (Lipinski definition) is 8. The van der Waals surface area contributed by atoms with E-state index in [-0.39, 0.29) is 17.5 Å². The molecule has 7 nitrogen and oxygen atoms in total. The number of thiazole rings is 1. The Bertz CT molecular complexity index is 441. The Balaban J connectivity index is 2.68. The Morgan fingerprint density at radius 1 is 1.65 bits per heavy atom. The van der Waals surface area contributed by atoms with Crippen molar-refractivity contribution in [1.82, 2.24) is 4.98 Å². The third kappa shape index (κ3) is 4.19. The van der Waals surface area contributed by atoms with Gasteiger partial charge in [0.25, 0.3) is 0 Å². The Labute approximate surface area is 101 Å². The van der Waals surface area contributed by atoms with Crippen LogP contribution in [0, 0.1) is 0 Å². The van der Waals surface area contributed by atoms with E-state index < -0.39 is 6.16 Å². The number of anilines is 1. The molecule has 1 aromatic heterocycles. The summed E-state index contributed by atoms with van der Waals surface area (Å²) in [6.07, 6.45) is -0.896. The number of hydrogen-bond donors (Lipinski definition) is 1. The summed E-state index contributed by atoms with van der Waals surface area (Å²) in [5.41, 5.74) is 5.52. The van der Waals surface area contributed by atoms with Crippen LogP contribution in [0.4, 0.5) is 9.93 Å². The number of rotatable bonds is 4. The van der Waals surface area contributed by atoms with E-state index >= 15 is 0 Å². The molecule has 8 heteroatoms. The first-order valence-corrected chi connectivity index (χ1v) is 5.53. The number of ether oxygens (including phenoxy) is 1. The molecule has 0 aliphatic heterocycles. The van der Waals surface area contributed by atoms with Crippen LogP contribution >= 0.6 is 11.3 Å². The molecule has 0 amide bonds. The highest BCUT2D eigenvalue weighted by molar-refractivity contribution is 7.13. The van der Waals surface area contributed by atoms with E-state index in [1.807, 2.05) is 0 Å². The average Bonchev–Trinajstić information content (AvgIpc) is 2.65. The number of nitrogens with zero attached hydrogens (tertiary/aromatic N) is 2. The van der Waals surface area contributed by atoms with E-state index in [1.165, 1.54) is 5.38 Å². The van der Waals surface area contributed by atoms with Gasteiger partial charge in [0.1, 0.15) is 5.69 Å². The molecule has 0 aliphatic rings. The summed E-state index contributed by atoms with van der Waals surface area (Å²) in [6.45, 7) is 3.32. The molecule has 1 rings (SSSR count). The highest BCUT2D eigenvalue weighted by Crippen LogP contribution is 2.11. The highest BCUT2D eigenvalue weighted by atomic mass is 32.1. The van der Waals surface area contributed by atoms with Crippen LogP contribution in [0.2, 0.25) is 0 Å². The van der Waals surface area contributed by atoms with Crippen LogP contribution in [-0.2, 0) is 14.4 Å². The Hall–Kier alpha value is -1.96. The number of nitrogens with two attached hydrogens (primary N) is 1. The first kappa shape index (κ1) is 13.1.